The Hall–Kier alpha value is -0.0800. The average Bonchev–Trinajstić information content (AvgIpc) is 2.17. The Morgan fingerprint density at radius 1 is 1.19 bits per heavy atom. The number of nitrogens with zero attached hydrogens (tertiary/aromatic N) is 1. The Morgan fingerprint density at radius 3 is 2.38 bits per heavy atom. The van der Waals surface area contributed by atoms with Gasteiger partial charge in [-0.2, -0.15) is 0 Å². The minimum atomic E-state index is 0.256. The maximum absolute atomic E-state index is 3.76. The molecule has 1 saturated heterocycles. The molecule has 1 unspecified atom stereocenters. The molecule has 0 aromatic carbocycles. The summed E-state index contributed by atoms with van der Waals surface area (Å²) in [5.41, 5.74) is 0.256. The average molecular weight is 226 g/mol. The Kier molecular flexibility index (Phi) is 5.77. The molecule has 0 aromatic rings. The van der Waals surface area contributed by atoms with Crippen molar-refractivity contribution in [1.82, 2.24) is 10.2 Å². The van der Waals surface area contributed by atoms with Gasteiger partial charge in [-0.1, -0.05) is 19.8 Å². The van der Waals surface area contributed by atoms with Gasteiger partial charge in [0.05, 0.1) is 0 Å². The molecule has 0 aromatic heterocycles. The van der Waals surface area contributed by atoms with Crippen molar-refractivity contribution in [2.45, 2.75) is 71.4 Å². The van der Waals surface area contributed by atoms with Crippen LogP contribution in [0.1, 0.15) is 59.8 Å². The van der Waals surface area contributed by atoms with Crippen LogP contribution in [-0.4, -0.2) is 36.1 Å². The quantitative estimate of drug-likeness (QED) is 0.749. The molecule has 0 aliphatic carbocycles. The molecule has 2 heteroatoms. The molecule has 1 atom stereocenters. The van der Waals surface area contributed by atoms with Crippen LogP contribution in [-0.2, 0) is 0 Å². The van der Waals surface area contributed by atoms with Crippen molar-refractivity contribution in [2.24, 2.45) is 0 Å². The molecular formula is C14H30N2. The summed E-state index contributed by atoms with van der Waals surface area (Å²) in [5, 5.41) is 3.76. The van der Waals surface area contributed by atoms with E-state index in [1.807, 2.05) is 0 Å². The number of piperidine rings is 1. The number of nitrogens with one attached hydrogen (secondary N) is 1. The predicted molar refractivity (Wildman–Crippen MR) is 71.9 cm³/mol. The molecular weight excluding hydrogens is 196 g/mol. The van der Waals surface area contributed by atoms with Crippen molar-refractivity contribution in [2.75, 3.05) is 19.6 Å². The van der Waals surface area contributed by atoms with E-state index in [-0.39, 0.29) is 5.54 Å². The van der Waals surface area contributed by atoms with Crippen LogP contribution < -0.4 is 5.32 Å². The summed E-state index contributed by atoms with van der Waals surface area (Å²) < 4.78 is 0. The van der Waals surface area contributed by atoms with Gasteiger partial charge in [0.25, 0.3) is 0 Å². The highest BCUT2D eigenvalue weighted by atomic mass is 15.2. The van der Waals surface area contributed by atoms with E-state index in [2.05, 4.69) is 37.9 Å². The van der Waals surface area contributed by atoms with E-state index in [0.717, 1.165) is 0 Å². The summed E-state index contributed by atoms with van der Waals surface area (Å²) in [7, 11) is 0. The number of hydrogen-bond donors (Lipinski definition) is 1. The Balaban J connectivity index is 2.31. The minimum Gasteiger partial charge on any atom is -0.308 e. The molecule has 1 aliphatic heterocycles. The lowest BCUT2D eigenvalue weighted by atomic mass is 10.00. The normalized spacial score (nSPS) is 21.0. The Morgan fingerprint density at radius 2 is 1.81 bits per heavy atom. The van der Waals surface area contributed by atoms with Crippen LogP contribution in [0.2, 0.25) is 0 Å². The zero-order valence-electron chi connectivity index (χ0n) is 11.7. The maximum Gasteiger partial charge on any atom is 0.0254 e. The maximum atomic E-state index is 3.76. The third-order valence-corrected chi connectivity index (χ3v) is 3.43. The third-order valence-electron chi connectivity index (χ3n) is 3.43. The smallest absolute Gasteiger partial charge is 0.0254 e. The fourth-order valence-corrected chi connectivity index (χ4v) is 2.89. The van der Waals surface area contributed by atoms with Gasteiger partial charge >= 0.3 is 0 Å². The molecule has 1 fully saturated rings. The van der Waals surface area contributed by atoms with E-state index in [9.17, 15) is 0 Å². The molecule has 0 saturated carbocycles. The first kappa shape index (κ1) is 14.0. The Labute approximate surface area is 102 Å². The lowest BCUT2D eigenvalue weighted by Gasteiger charge is -2.37. The molecule has 0 bridgehead atoms. The molecule has 96 valence electrons. The molecule has 16 heavy (non-hydrogen) atoms. The van der Waals surface area contributed by atoms with Gasteiger partial charge in [-0.15, -0.1) is 0 Å². The fourth-order valence-electron chi connectivity index (χ4n) is 2.89. The van der Waals surface area contributed by atoms with Crippen LogP contribution in [0, 0.1) is 0 Å². The van der Waals surface area contributed by atoms with Gasteiger partial charge in [0.2, 0.25) is 0 Å². The number of rotatable bonds is 6. The van der Waals surface area contributed by atoms with E-state index < -0.39 is 0 Å². The lowest BCUT2D eigenvalue weighted by molar-refractivity contribution is 0.164. The summed E-state index contributed by atoms with van der Waals surface area (Å²) in [4.78, 5) is 2.62. The largest absolute Gasteiger partial charge is 0.308 e. The van der Waals surface area contributed by atoms with Gasteiger partial charge in [-0.05, 0) is 53.1 Å². The van der Waals surface area contributed by atoms with Crippen LogP contribution in [0.5, 0.6) is 0 Å². The van der Waals surface area contributed by atoms with Crippen LogP contribution in [0.15, 0.2) is 0 Å². The molecule has 1 N–H and O–H groups in total. The topological polar surface area (TPSA) is 15.3 Å². The fraction of sp³-hybridized carbons (Fsp3) is 1.00. The second kappa shape index (κ2) is 6.61. The summed E-state index contributed by atoms with van der Waals surface area (Å²) in [6.45, 7) is 13.0. The zero-order chi connectivity index (χ0) is 12.0. The summed E-state index contributed by atoms with van der Waals surface area (Å²) in [6, 6.07) is 0.643. The monoisotopic (exact) mass is 226 g/mol. The van der Waals surface area contributed by atoms with E-state index in [1.54, 1.807) is 0 Å². The lowest BCUT2D eigenvalue weighted by Crippen LogP contribution is -2.53. The van der Waals surface area contributed by atoms with Gasteiger partial charge in [-0.3, -0.25) is 0 Å². The van der Waals surface area contributed by atoms with Crippen molar-refractivity contribution >= 4 is 0 Å². The zero-order valence-corrected chi connectivity index (χ0v) is 11.7. The van der Waals surface area contributed by atoms with Gasteiger partial charge in [0, 0.05) is 18.1 Å². The second-order valence-corrected chi connectivity index (χ2v) is 6.05. The summed E-state index contributed by atoms with van der Waals surface area (Å²) in [5.74, 6) is 0. The van der Waals surface area contributed by atoms with Crippen molar-refractivity contribution in [3.8, 4) is 0 Å². The molecule has 1 rings (SSSR count). The molecule has 0 amide bonds. The first-order valence-electron chi connectivity index (χ1n) is 7.03. The molecule has 1 heterocycles. The number of likely N-dealkylation sites (tertiary alicyclic amines) is 1. The SMILES string of the molecule is CCCC(C)NC(C)(C)CN1CCCCC1. The molecule has 0 spiro atoms. The van der Waals surface area contributed by atoms with Crippen LogP contribution >= 0.6 is 0 Å². The first-order valence-corrected chi connectivity index (χ1v) is 7.03. The molecule has 0 radical (unpaired) electrons. The Bertz CT molecular complexity index is 183. The van der Waals surface area contributed by atoms with E-state index in [1.165, 1.54) is 51.7 Å². The van der Waals surface area contributed by atoms with Crippen LogP contribution in [0.4, 0.5) is 0 Å². The first-order chi connectivity index (χ1) is 7.53. The van der Waals surface area contributed by atoms with Crippen molar-refractivity contribution < 1.29 is 0 Å². The van der Waals surface area contributed by atoms with Crippen LogP contribution in [0.25, 0.3) is 0 Å². The summed E-state index contributed by atoms with van der Waals surface area (Å²) in [6.07, 6.45) is 6.76. The van der Waals surface area contributed by atoms with E-state index in [4.69, 9.17) is 0 Å². The van der Waals surface area contributed by atoms with Crippen LogP contribution in [0.3, 0.4) is 0 Å². The van der Waals surface area contributed by atoms with Gasteiger partial charge in [0.1, 0.15) is 0 Å². The third kappa shape index (κ3) is 5.31. The predicted octanol–water partition coefficient (Wildman–Crippen LogP) is 3.03. The van der Waals surface area contributed by atoms with Gasteiger partial charge in [-0.25, -0.2) is 0 Å². The second-order valence-electron chi connectivity index (χ2n) is 6.05. The highest BCUT2D eigenvalue weighted by Crippen LogP contribution is 2.14. The van der Waals surface area contributed by atoms with E-state index in [0.29, 0.717) is 6.04 Å². The standard InChI is InChI=1S/C14H30N2/c1-5-9-13(2)15-14(3,4)12-16-10-7-6-8-11-16/h13,15H,5-12H2,1-4H3. The highest BCUT2D eigenvalue weighted by Gasteiger charge is 2.23. The van der Waals surface area contributed by atoms with Crippen molar-refractivity contribution in [3.63, 3.8) is 0 Å². The van der Waals surface area contributed by atoms with Gasteiger partial charge in [0.15, 0.2) is 0 Å². The highest BCUT2D eigenvalue weighted by molar-refractivity contribution is 4.85. The minimum absolute atomic E-state index is 0.256. The molecule has 2 nitrogen and oxygen atoms in total. The number of hydrogen-bond acceptors (Lipinski definition) is 2. The van der Waals surface area contributed by atoms with E-state index >= 15 is 0 Å². The van der Waals surface area contributed by atoms with Crippen molar-refractivity contribution in [1.29, 1.82) is 0 Å². The van der Waals surface area contributed by atoms with Gasteiger partial charge < -0.3 is 10.2 Å². The summed E-state index contributed by atoms with van der Waals surface area (Å²) >= 11 is 0. The molecule has 1 aliphatic rings. The van der Waals surface area contributed by atoms with Crippen molar-refractivity contribution in [3.05, 3.63) is 0 Å².